The minimum absolute atomic E-state index is 0.133. The number of carbonyl (C=O) groups is 2. The van der Waals surface area contributed by atoms with Gasteiger partial charge < -0.3 is 4.74 Å². The zero-order valence-electron chi connectivity index (χ0n) is 10.7. The Labute approximate surface area is 112 Å². The molecule has 1 amide bonds. The summed E-state index contributed by atoms with van der Waals surface area (Å²) in [6.45, 7) is 1.96. The van der Waals surface area contributed by atoms with Crippen LogP contribution in [0.15, 0.2) is 30.3 Å². The van der Waals surface area contributed by atoms with E-state index in [9.17, 15) is 9.59 Å². The highest BCUT2D eigenvalue weighted by molar-refractivity contribution is 5.94. The molecular weight excluding hydrogens is 244 g/mol. The topological polar surface area (TPSA) is 67.4 Å². The number of terminal acetylenes is 1. The fourth-order valence-electron chi connectivity index (χ4n) is 1.37. The van der Waals surface area contributed by atoms with Gasteiger partial charge in [0.2, 0.25) is 0 Å². The Bertz CT molecular complexity index is 465. The fraction of sp³-hybridized carbons (Fsp3) is 0.286. The van der Waals surface area contributed by atoms with Gasteiger partial charge in [-0.3, -0.25) is 15.0 Å². The summed E-state index contributed by atoms with van der Waals surface area (Å²) in [4.78, 5) is 23.3. The van der Waals surface area contributed by atoms with Crippen LogP contribution in [0.25, 0.3) is 0 Å². The van der Waals surface area contributed by atoms with Gasteiger partial charge in [0.15, 0.2) is 0 Å². The first-order valence-corrected chi connectivity index (χ1v) is 5.90. The number of hydrogen-bond acceptors (Lipinski definition) is 4. The minimum Gasteiger partial charge on any atom is -0.465 e. The first-order chi connectivity index (χ1) is 9.19. The predicted octanol–water partition coefficient (Wildman–Crippen LogP) is 0.876. The largest absolute Gasteiger partial charge is 0.465 e. The molecule has 19 heavy (non-hydrogen) atoms. The molecule has 1 aromatic carbocycles. The number of ether oxygens (including phenoxy) is 1. The zero-order valence-corrected chi connectivity index (χ0v) is 10.7. The smallest absolute Gasteiger partial charge is 0.325 e. The van der Waals surface area contributed by atoms with Crippen LogP contribution in [0.3, 0.4) is 0 Å². The van der Waals surface area contributed by atoms with Crippen LogP contribution in [-0.4, -0.2) is 24.5 Å². The van der Waals surface area contributed by atoms with E-state index in [4.69, 9.17) is 11.2 Å². The second-order valence-corrected chi connectivity index (χ2v) is 3.68. The molecule has 0 aliphatic carbocycles. The van der Waals surface area contributed by atoms with Crippen molar-refractivity contribution in [2.75, 3.05) is 6.61 Å². The highest BCUT2D eigenvalue weighted by atomic mass is 16.5. The van der Waals surface area contributed by atoms with Gasteiger partial charge in [0.25, 0.3) is 5.91 Å². The normalized spacial score (nSPS) is 11.2. The average Bonchev–Trinajstić information content (AvgIpc) is 2.44. The molecule has 0 aliphatic rings. The number of nitrogens with one attached hydrogen (secondary N) is 2. The Morgan fingerprint density at radius 1 is 1.37 bits per heavy atom. The number of esters is 1. The first-order valence-electron chi connectivity index (χ1n) is 5.90. The lowest BCUT2D eigenvalue weighted by atomic mass is 10.2. The summed E-state index contributed by atoms with van der Waals surface area (Å²) in [6.07, 6.45) is 5.30. The molecule has 1 aromatic rings. The van der Waals surface area contributed by atoms with Crippen molar-refractivity contribution in [3.05, 3.63) is 35.9 Å². The van der Waals surface area contributed by atoms with Crippen molar-refractivity contribution < 1.29 is 14.3 Å². The molecule has 100 valence electrons. The van der Waals surface area contributed by atoms with Crippen LogP contribution < -0.4 is 10.9 Å². The van der Waals surface area contributed by atoms with Crippen molar-refractivity contribution in [1.82, 2.24) is 10.9 Å². The Kier molecular flexibility index (Phi) is 6.13. The number of amides is 1. The van der Waals surface area contributed by atoms with Gasteiger partial charge in [-0.1, -0.05) is 18.2 Å². The Morgan fingerprint density at radius 2 is 2.05 bits per heavy atom. The van der Waals surface area contributed by atoms with Crippen molar-refractivity contribution in [2.24, 2.45) is 0 Å². The lowest BCUT2D eigenvalue weighted by Crippen LogP contribution is -2.48. The molecule has 5 nitrogen and oxygen atoms in total. The molecule has 0 saturated heterocycles. The van der Waals surface area contributed by atoms with Crippen molar-refractivity contribution in [3.63, 3.8) is 0 Å². The van der Waals surface area contributed by atoms with Gasteiger partial charge in [-0.2, -0.15) is 0 Å². The number of rotatable bonds is 6. The molecular formula is C14H16N2O3. The molecule has 0 aromatic heterocycles. The molecule has 0 spiro atoms. The van der Waals surface area contributed by atoms with E-state index < -0.39 is 12.0 Å². The van der Waals surface area contributed by atoms with E-state index in [1.807, 2.05) is 6.07 Å². The van der Waals surface area contributed by atoms with Crippen LogP contribution in [-0.2, 0) is 9.53 Å². The third-order valence-electron chi connectivity index (χ3n) is 2.29. The summed E-state index contributed by atoms with van der Waals surface area (Å²) in [6, 6.07) is 7.88. The van der Waals surface area contributed by atoms with Gasteiger partial charge in [0, 0.05) is 12.0 Å². The van der Waals surface area contributed by atoms with Crippen LogP contribution in [0.5, 0.6) is 0 Å². The Hall–Kier alpha value is -2.32. The maximum Gasteiger partial charge on any atom is 0.325 e. The summed E-state index contributed by atoms with van der Waals surface area (Å²) in [5, 5.41) is 0. The van der Waals surface area contributed by atoms with E-state index in [1.165, 1.54) is 0 Å². The number of hydrogen-bond donors (Lipinski definition) is 2. The standard InChI is InChI=1S/C14H16N2O3/c1-3-8-12(14(18)19-4-2)15-16-13(17)11-9-6-5-7-10-11/h1,5-7,9-10,12,15H,4,8H2,2H3,(H,16,17). The molecule has 0 fully saturated rings. The minimum atomic E-state index is -0.752. The first kappa shape index (κ1) is 14.7. The predicted molar refractivity (Wildman–Crippen MR) is 70.9 cm³/mol. The Balaban J connectivity index is 2.55. The second kappa shape index (κ2) is 7.90. The maximum atomic E-state index is 11.8. The van der Waals surface area contributed by atoms with Crippen molar-refractivity contribution >= 4 is 11.9 Å². The third-order valence-corrected chi connectivity index (χ3v) is 2.29. The van der Waals surface area contributed by atoms with Crippen molar-refractivity contribution in [1.29, 1.82) is 0 Å². The van der Waals surface area contributed by atoms with E-state index in [1.54, 1.807) is 31.2 Å². The summed E-state index contributed by atoms with van der Waals surface area (Å²) >= 11 is 0. The van der Waals surface area contributed by atoms with Crippen LogP contribution >= 0.6 is 0 Å². The van der Waals surface area contributed by atoms with Crippen LogP contribution in [0.2, 0.25) is 0 Å². The zero-order chi connectivity index (χ0) is 14.1. The van der Waals surface area contributed by atoms with Gasteiger partial charge in [0.1, 0.15) is 6.04 Å². The molecule has 0 saturated carbocycles. The highest BCUT2D eigenvalue weighted by Gasteiger charge is 2.19. The second-order valence-electron chi connectivity index (χ2n) is 3.68. The van der Waals surface area contributed by atoms with Crippen LogP contribution in [0.4, 0.5) is 0 Å². The fourth-order valence-corrected chi connectivity index (χ4v) is 1.37. The number of carbonyl (C=O) groups excluding carboxylic acids is 2. The molecule has 1 atom stereocenters. The maximum absolute atomic E-state index is 11.8. The van der Waals surface area contributed by atoms with Crippen molar-refractivity contribution in [2.45, 2.75) is 19.4 Å². The molecule has 1 rings (SSSR count). The van der Waals surface area contributed by atoms with E-state index in [2.05, 4.69) is 16.8 Å². The molecule has 0 bridgehead atoms. The molecule has 0 heterocycles. The van der Waals surface area contributed by atoms with Gasteiger partial charge in [0.05, 0.1) is 6.61 Å². The highest BCUT2D eigenvalue weighted by Crippen LogP contribution is 1.98. The lowest BCUT2D eigenvalue weighted by Gasteiger charge is -2.15. The van der Waals surface area contributed by atoms with Crippen LogP contribution in [0, 0.1) is 12.3 Å². The average molecular weight is 260 g/mol. The summed E-state index contributed by atoms with van der Waals surface area (Å²) in [7, 11) is 0. The lowest BCUT2D eigenvalue weighted by molar-refractivity contribution is -0.145. The molecule has 0 aliphatic heterocycles. The quantitative estimate of drug-likeness (QED) is 0.452. The Morgan fingerprint density at radius 3 is 2.63 bits per heavy atom. The SMILES string of the molecule is C#CCC(NNC(=O)c1ccccc1)C(=O)OCC. The van der Waals surface area contributed by atoms with Gasteiger partial charge in [-0.15, -0.1) is 12.3 Å². The monoisotopic (exact) mass is 260 g/mol. The number of benzene rings is 1. The van der Waals surface area contributed by atoms with E-state index in [-0.39, 0.29) is 18.9 Å². The van der Waals surface area contributed by atoms with Crippen molar-refractivity contribution in [3.8, 4) is 12.3 Å². The summed E-state index contributed by atoms with van der Waals surface area (Å²) in [5.74, 6) is 1.52. The van der Waals surface area contributed by atoms with Gasteiger partial charge in [-0.25, -0.2) is 5.43 Å². The molecule has 1 unspecified atom stereocenters. The third kappa shape index (κ3) is 4.82. The van der Waals surface area contributed by atoms with E-state index >= 15 is 0 Å². The van der Waals surface area contributed by atoms with Gasteiger partial charge >= 0.3 is 5.97 Å². The molecule has 0 radical (unpaired) electrons. The summed E-state index contributed by atoms with van der Waals surface area (Å²) < 4.78 is 4.85. The number of hydrazine groups is 1. The molecule has 2 N–H and O–H groups in total. The van der Waals surface area contributed by atoms with Crippen LogP contribution in [0.1, 0.15) is 23.7 Å². The van der Waals surface area contributed by atoms with Gasteiger partial charge in [-0.05, 0) is 19.1 Å². The van der Waals surface area contributed by atoms with E-state index in [0.29, 0.717) is 5.56 Å². The van der Waals surface area contributed by atoms with E-state index in [0.717, 1.165) is 0 Å². The molecule has 5 heteroatoms. The summed E-state index contributed by atoms with van der Waals surface area (Å²) in [5.41, 5.74) is 5.51.